The fourth-order valence-corrected chi connectivity index (χ4v) is 4.94. The van der Waals surface area contributed by atoms with Crippen LogP contribution in [0.4, 0.5) is 10.5 Å². The Morgan fingerprint density at radius 2 is 1.82 bits per heavy atom. The first-order valence-corrected chi connectivity index (χ1v) is 12.3. The number of likely N-dealkylation sites (N-methyl/N-ethyl adjacent to an activating group) is 1. The minimum absolute atomic E-state index is 0.00747. The topological polar surface area (TPSA) is 129 Å². The number of nitrogens with zero attached hydrogens (tertiary/aromatic N) is 2. The molecule has 0 unspecified atom stereocenters. The summed E-state index contributed by atoms with van der Waals surface area (Å²) in [5.74, 6) is 0.143. The number of nitro benzene ring substituents is 1. The highest BCUT2D eigenvalue weighted by Crippen LogP contribution is 2.48. The Morgan fingerprint density at radius 1 is 1.10 bits per heavy atom. The zero-order valence-electron chi connectivity index (χ0n) is 21.4. The summed E-state index contributed by atoms with van der Waals surface area (Å²) in [5.41, 5.74) is 0.440. The van der Waals surface area contributed by atoms with Gasteiger partial charge in [-0.05, 0) is 35.9 Å². The molecule has 2 heterocycles. The summed E-state index contributed by atoms with van der Waals surface area (Å²) < 4.78 is 23.5. The molecule has 0 radical (unpaired) electrons. The summed E-state index contributed by atoms with van der Waals surface area (Å²) in [4.78, 5) is 37.7. The number of rotatable bonds is 9. The van der Waals surface area contributed by atoms with Gasteiger partial charge in [-0.2, -0.15) is 0 Å². The number of esters is 1. The zero-order valence-corrected chi connectivity index (χ0v) is 21.4. The summed E-state index contributed by atoms with van der Waals surface area (Å²) in [7, 11) is 3.21. The number of carbonyl (C=O) groups excluding carboxylic acids is 2. The zero-order chi connectivity index (χ0) is 27.6. The third-order valence-corrected chi connectivity index (χ3v) is 7.12. The number of methoxy groups -OCH3 is 1. The summed E-state index contributed by atoms with van der Waals surface area (Å²) in [6, 6.07) is 19.1. The van der Waals surface area contributed by atoms with Gasteiger partial charge >= 0.3 is 12.0 Å². The van der Waals surface area contributed by atoms with Crippen LogP contribution < -0.4 is 14.8 Å². The minimum atomic E-state index is -1.27. The monoisotopic (exact) mass is 533 g/mol. The van der Waals surface area contributed by atoms with Crippen molar-refractivity contribution in [1.82, 2.24) is 10.2 Å². The van der Waals surface area contributed by atoms with Crippen LogP contribution in [0, 0.1) is 16.0 Å². The van der Waals surface area contributed by atoms with E-state index in [1.165, 1.54) is 29.2 Å². The van der Waals surface area contributed by atoms with E-state index in [1.54, 1.807) is 14.2 Å². The summed E-state index contributed by atoms with van der Waals surface area (Å²) >= 11 is 0. The van der Waals surface area contributed by atoms with Crippen molar-refractivity contribution >= 4 is 17.7 Å². The van der Waals surface area contributed by atoms with Gasteiger partial charge in [0.05, 0.1) is 36.2 Å². The molecule has 1 saturated heterocycles. The van der Waals surface area contributed by atoms with Gasteiger partial charge in [-0.1, -0.05) is 30.3 Å². The molecular formula is C28H27N3O8. The first-order valence-electron chi connectivity index (χ1n) is 12.3. The van der Waals surface area contributed by atoms with Gasteiger partial charge < -0.3 is 24.3 Å². The van der Waals surface area contributed by atoms with Crippen molar-refractivity contribution in [3.63, 3.8) is 0 Å². The smallest absolute Gasteiger partial charge is 0.338 e. The molecule has 0 saturated carbocycles. The maximum atomic E-state index is 13.0. The molecule has 0 aromatic heterocycles. The molecule has 2 amide bonds. The number of nitro groups is 1. The third-order valence-electron chi connectivity index (χ3n) is 7.12. The number of amides is 2. The number of carbonyl (C=O) groups is 2. The highest BCUT2D eigenvalue weighted by atomic mass is 16.6. The standard InChI is InChI=1S/C28H27N3O8/c1-30-27(33)29-25-22-5-3-4-6-24(22)39-28(30,17-37-15-18-7-13-21(36-2)14-8-18)23(25)16-38-26(32)19-9-11-20(12-10-19)31(34)35/h3-14,23,25H,15-17H2,1-2H3,(H,29,33)/t23-,25-,28+/m1/s1. The number of benzene rings is 3. The molecule has 0 aliphatic carbocycles. The molecule has 2 aliphatic heterocycles. The van der Waals surface area contributed by atoms with Gasteiger partial charge in [-0.3, -0.25) is 15.0 Å². The van der Waals surface area contributed by atoms with Crippen LogP contribution >= 0.6 is 0 Å². The lowest BCUT2D eigenvalue weighted by Crippen LogP contribution is -2.72. The number of hydrogen-bond acceptors (Lipinski definition) is 8. The largest absolute Gasteiger partial charge is 0.497 e. The van der Waals surface area contributed by atoms with E-state index in [2.05, 4.69) is 5.32 Å². The average Bonchev–Trinajstić information content (AvgIpc) is 2.95. The number of urea groups is 1. The number of hydrogen-bond donors (Lipinski definition) is 1. The van der Waals surface area contributed by atoms with Crippen LogP contribution in [-0.4, -0.2) is 54.9 Å². The van der Waals surface area contributed by atoms with Crippen LogP contribution in [0.25, 0.3) is 0 Å². The second-order valence-electron chi connectivity index (χ2n) is 9.32. The highest BCUT2D eigenvalue weighted by Gasteiger charge is 2.59. The second-order valence-corrected chi connectivity index (χ2v) is 9.32. The summed E-state index contributed by atoms with van der Waals surface area (Å²) in [6.07, 6.45) is 0. The molecule has 202 valence electrons. The Labute approximate surface area is 224 Å². The summed E-state index contributed by atoms with van der Waals surface area (Å²) in [6.45, 7) is 0.158. The number of fused-ring (bicyclic) bond motifs is 4. The fraction of sp³-hybridized carbons (Fsp3) is 0.286. The van der Waals surface area contributed by atoms with Crippen molar-refractivity contribution in [3.05, 3.63) is 99.6 Å². The minimum Gasteiger partial charge on any atom is -0.497 e. The van der Waals surface area contributed by atoms with E-state index in [1.807, 2.05) is 48.5 Å². The van der Waals surface area contributed by atoms with Gasteiger partial charge in [0.1, 0.15) is 24.7 Å². The number of ether oxygens (including phenoxy) is 4. The maximum absolute atomic E-state index is 13.0. The van der Waals surface area contributed by atoms with Crippen molar-refractivity contribution < 1.29 is 33.5 Å². The van der Waals surface area contributed by atoms with Gasteiger partial charge in [0.25, 0.3) is 5.69 Å². The normalized spacial score (nSPS) is 21.3. The van der Waals surface area contributed by atoms with E-state index < -0.39 is 28.6 Å². The lowest BCUT2D eigenvalue weighted by atomic mass is 9.79. The van der Waals surface area contributed by atoms with E-state index in [4.69, 9.17) is 18.9 Å². The number of nitrogens with one attached hydrogen (secondary N) is 1. The van der Waals surface area contributed by atoms with E-state index in [-0.39, 0.29) is 37.1 Å². The average molecular weight is 534 g/mol. The van der Waals surface area contributed by atoms with E-state index in [0.29, 0.717) is 5.75 Å². The molecule has 11 heteroatoms. The predicted molar refractivity (Wildman–Crippen MR) is 138 cm³/mol. The molecule has 2 aliphatic rings. The lowest BCUT2D eigenvalue weighted by Gasteiger charge is -2.55. The first kappa shape index (κ1) is 26.0. The maximum Gasteiger partial charge on any atom is 0.338 e. The predicted octanol–water partition coefficient (Wildman–Crippen LogP) is 4.08. The Hall–Kier alpha value is -4.64. The fourth-order valence-electron chi connectivity index (χ4n) is 4.94. The molecule has 3 aromatic rings. The van der Waals surface area contributed by atoms with Gasteiger partial charge in [-0.15, -0.1) is 0 Å². The number of non-ortho nitro benzene ring substituents is 1. The molecular weight excluding hydrogens is 506 g/mol. The third kappa shape index (κ3) is 4.96. The molecule has 11 nitrogen and oxygen atoms in total. The summed E-state index contributed by atoms with van der Waals surface area (Å²) in [5, 5.41) is 13.9. The molecule has 5 rings (SSSR count). The molecule has 0 spiro atoms. The van der Waals surface area contributed by atoms with Crippen molar-refractivity contribution in [1.29, 1.82) is 0 Å². The van der Waals surface area contributed by atoms with Crippen LogP contribution in [0.5, 0.6) is 11.5 Å². The van der Waals surface area contributed by atoms with Crippen molar-refractivity contribution in [2.45, 2.75) is 18.4 Å². The van der Waals surface area contributed by atoms with Crippen LogP contribution in [0.15, 0.2) is 72.8 Å². The van der Waals surface area contributed by atoms with Crippen LogP contribution in [0.1, 0.15) is 27.5 Å². The SMILES string of the molecule is COc1ccc(COC[C@@]23Oc4ccccc4[C@@H](NC(=O)N2C)[C@H]3COC(=O)c2ccc([N+](=O)[O-])cc2)cc1. The molecule has 1 N–H and O–H groups in total. The van der Waals surface area contributed by atoms with Gasteiger partial charge in [0.15, 0.2) is 0 Å². The molecule has 39 heavy (non-hydrogen) atoms. The first-order chi connectivity index (χ1) is 18.8. The molecule has 3 aromatic carbocycles. The van der Waals surface area contributed by atoms with E-state index in [0.717, 1.165) is 16.9 Å². The van der Waals surface area contributed by atoms with Crippen LogP contribution in [-0.2, 0) is 16.1 Å². The van der Waals surface area contributed by atoms with Crippen molar-refractivity contribution in [3.8, 4) is 11.5 Å². The van der Waals surface area contributed by atoms with Crippen molar-refractivity contribution in [2.24, 2.45) is 5.92 Å². The van der Waals surface area contributed by atoms with E-state index in [9.17, 15) is 19.7 Å². The van der Waals surface area contributed by atoms with Crippen LogP contribution in [0.3, 0.4) is 0 Å². The highest BCUT2D eigenvalue weighted by molar-refractivity contribution is 5.89. The van der Waals surface area contributed by atoms with E-state index >= 15 is 0 Å². The Morgan fingerprint density at radius 3 is 2.51 bits per heavy atom. The van der Waals surface area contributed by atoms with Gasteiger partial charge in [0.2, 0.25) is 5.72 Å². The Balaban J connectivity index is 1.40. The Bertz CT molecular complexity index is 1380. The van der Waals surface area contributed by atoms with Gasteiger partial charge in [0, 0.05) is 24.7 Å². The molecule has 1 fully saturated rings. The van der Waals surface area contributed by atoms with Crippen molar-refractivity contribution in [2.75, 3.05) is 27.4 Å². The second kappa shape index (κ2) is 10.6. The number of para-hydroxylation sites is 1. The lowest BCUT2D eigenvalue weighted by molar-refractivity contribution is -0.384. The Kier molecular flexibility index (Phi) is 7.07. The quantitative estimate of drug-likeness (QED) is 0.248. The molecule has 2 bridgehead atoms. The van der Waals surface area contributed by atoms with Gasteiger partial charge in [-0.25, -0.2) is 9.59 Å². The van der Waals surface area contributed by atoms with Crippen LogP contribution in [0.2, 0.25) is 0 Å². The molecule has 3 atom stereocenters.